The van der Waals surface area contributed by atoms with Crippen molar-refractivity contribution in [3.63, 3.8) is 0 Å². The Bertz CT molecular complexity index is 307. The van der Waals surface area contributed by atoms with Crippen LogP contribution in [-0.4, -0.2) is 13.3 Å². The number of benzene rings is 1. The Hall–Kier alpha value is -0.470. The molecular formula is C14H23NS. The topological polar surface area (TPSA) is 12.0 Å². The van der Waals surface area contributed by atoms with Gasteiger partial charge < -0.3 is 5.32 Å². The summed E-state index contributed by atoms with van der Waals surface area (Å²) in [6.45, 7) is 4.56. The van der Waals surface area contributed by atoms with Gasteiger partial charge in [0, 0.05) is 10.9 Å². The van der Waals surface area contributed by atoms with Gasteiger partial charge in [0.2, 0.25) is 0 Å². The van der Waals surface area contributed by atoms with Crippen molar-refractivity contribution in [2.24, 2.45) is 5.92 Å². The van der Waals surface area contributed by atoms with E-state index in [-0.39, 0.29) is 0 Å². The van der Waals surface area contributed by atoms with Gasteiger partial charge in [-0.2, -0.15) is 0 Å². The van der Waals surface area contributed by atoms with Crippen molar-refractivity contribution < 1.29 is 0 Å². The second-order valence-corrected chi connectivity index (χ2v) is 4.93. The Morgan fingerprint density at radius 1 is 1.19 bits per heavy atom. The average molecular weight is 237 g/mol. The van der Waals surface area contributed by atoms with E-state index in [9.17, 15) is 0 Å². The predicted molar refractivity (Wildman–Crippen MR) is 74.1 cm³/mol. The van der Waals surface area contributed by atoms with E-state index in [4.69, 9.17) is 0 Å². The van der Waals surface area contributed by atoms with Gasteiger partial charge in [0.05, 0.1) is 0 Å². The molecule has 1 rings (SSSR count). The van der Waals surface area contributed by atoms with Crippen LogP contribution in [0.5, 0.6) is 0 Å². The third-order valence-corrected chi connectivity index (χ3v) is 4.12. The summed E-state index contributed by atoms with van der Waals surface area (Å²) in [4.78, 5) is 1.40. The zero-order chi connectivity index (χ0) is 12.0. The standard InChI is InChI=1S/C14H23NS/c1-5-11(6-2)14(15-3)12-9-7-8-10-13(12)16-4/h7-11,14-15H,5-6H2,1-4H3. The van der Waals surface area contributed by atoms with E-state index in [1.54, 1.807) is 0 Å². The molecule has 0 aliphatic rings. The minimum Gasteiger partial charge on any atom is -0.313 e. The van der Waals surface area contributed by atoms with E-state index < -0.39 is 0 Å². The molecule has 1 nitrogen and oxygen atoms in total. The summed E-state index contributed by atoms with van der Waals surface area (Å²) >= 11 is 1.84. The summed E-state index contributed by atoms with van der Waals surface area (Å²) < 4.78 is 0. The van der Waals surface area contributed by atoms with Gasteiger partial charge in [-0.3, -0.25) is 0 Å². The van der Waals surface area contributed by atoms with Gasteiger partial charge in [0.1, 0.15) is 0 Å². The lowest BCUT2D eigenvalue weighted by Gasteiger charge is -2.27. The lowest BCUT2D eigenvalue weighted by atomic mass is 9.89. The van der Waals surface area contributed by atoms with Crippen molar-refractivity contribution >= 4 is 11.8 Å². The molecule has 0 fully saturated rings. The van der Waals surface area contributed by atoms with Crippen LogP contribution >= 0.6 is 11.8 Å². The summed E-state index contributed by atoms with van der Waals surface area (Å²) in [7, 11) is 2.07. The highest BCUT2D eigenvalue weighted by molar-refractivity contribution is 7.98. The molecule has 1 unspecified atom stereocenters. The molecule has 16 heavy (non-hydrogen) atoms. The highest BCUT2D eigenvalue weighted by Gasteiger charge is 2.20. The smallest absolute Gasteiger partial charge is 0.0357 e. The van der Waals surface area contributed by atoms with E-state index in [0.29, 0.717) is 6.04 Å². The van der Waals surface area contributed by atoms with Gasteiger partial charge in [0.25, 0.3) is 0 Å². The molecule has 0 heterocycles. The van der Waals surface area contributed by atoms with Crippen LogP contribution in [0.3, 0.4) is 0 Å². The van der Waals surface area contributed by atoms with Crippen LogP contribution in [-0.2, 0) is 0 Å². The molecule has 2 heteroatoms. The molecule has 1 aromatic carbocycles. The SMILES string of the molecule is CCC(CC)C(NC)c1ccccc1SC. The molecule has 0 aromatic heterocycles. The maximum atomic E-state index is 3.48. The molecule has 1 N–H and O–H groups in total. The minimum absolute atomic E-state index is 0.485. The quantitative estimate of drug-likeness (QED) is 0.747. The first-order chi connectivity index (χ1) is 7.78. The monoisotopic (exact) mass is 237 g/mol. The highest BCUT2D eigenvalue weighted by atomic mass is 32.2. The Morgan fingerprint density at radius 2 is 1.81 bits per heavy atom. The van der Waals surface area contributed by atoms with Crippen LogP contribution in [0.2, 0.25) is 0 Å². The summed E-state index contributed by atoms with van der Waals surface area (Å²) in [5, 5.41) is 3.48. The summed E-state index contributed by atoms with van der Waals surface area (Å²) in [5.74, 6) is 0.721. The van der Waals surface area contributed by atoms with Crippen molar-refractivity contribution in [2.45, 2.75) is 37.6 Å². The Kier molecular flexibility index (Phi) is 5.93. The van der Waals surface area contributed by atoms with Crippen LogP contribution in [0.25, 0.3) is 0 Å². The van der Waals surface area contributed by atoms with E-state index in [2.05, 4.69) is 56.7 Å². The maximum Gasteiger partial charge on any atom is 0.0357 e. The average Bonchev–Trinajstić information content (AvgIpc) is 2.35. The van der Waals surface area contributed by atoms with Crippen LogP contribution in [0.1, 0.15) is 38.3 Å². The van der Waals surface area contributed by atoms with Gasteiger partial charge >= 0.3 is 0 Å². The van der Waals surface area contributed by atoms with E-state index >= 15 is 0 Å². The van der Waals surface area contributed by atoms with Gasteiger partial charge in [-0.05, 0) is 30.9 Å². The molecule has 0 saturated carbocycles. The van der Waals surface area contributed by atoms with E-state index in [1.165, 1.54) is 23.3 Å². The van der Waals surface area contributed by atoms with Crippen LogP contribution in [0, 0.1) is 5.92 Å². The third kappa shape index (κ3) is 3.02. The summed E-state index contributed by atoms with van der Waals surface area (Å²) in [6, 6.07) is 9.22. The number of nitrogens with one attached hydrogen (secondary N) is 1. The molecule has 0 aliphatic carbocycles. The first-order valence-corrected chi connectivity index (χ1v) is 7.31. The first kappa shape index (κ1) is 13.6. The predicted octanol–water partition coefficient (Wildman–Crippen LogP) is 4.11. The Balaban J connectivity index is 3.02. The fraction of sp³-hybridized carbons (Fsp3) is 0.571. The highest BCUT2D eigenvalue weighted by Crippen LogP contribution is 2.32. The van der Waals surface area contributed by atoms with Crippen LogP contribution < -0.4 is 5.32 Å². The van der Waals surface area contributed by atoms with Crippen LogP contribution in [0.15, 0.2) is 29.2 Å². The first-order valence-electron chi connectivity index (χ1n) is 6.08. The lowest BCUT2D eigenvalue weighted by Crippen LogP contribution is -2.25. The van der Waals surface area contributed by atoms with Crippen LogP contribution in [0.4, 0.5) is 0 Å². The fourth-order valence-electron chi connectivity index (χ4n) is 2.33. The number of hydrogen-bond acceptors (Lipinski definition) is 2. The van der Waals surface area contributed by atoms with Gasteiger partial charge in [0.15, 0.2) is 0 Å². The van der Waals surface area contributed by atoms with E-state index in [1.807, 2.05) is 11.8 Å². The maximum absolute atomic E-state index is 3.48. The second-order valence-electron chi connectivity index (χ2n) is 4.08. The molecule has 0 bridgehead atoms. The molecule has 1 aromatic rings. The van der Waals surface area contributed by atoms with Crippen molar-refractivity contribution in [1.29, 1.82) is 0 Å². The molecule has 1 atom stereocenters. The Morgan fingerprint density at radius 3 is 2.31 bits per heavy atom. The molecule has 0 spiro atoms. The molecule has 0 radical (unpaired) electrons. The molecular weight excluding hydrogens is 214 g/mol. The van der Waals surface area contributed by atoms with Crippen molar-refractivity contribution in [2.75, 3.05) is 13.3 Å². The zero-order valence-electron chi connectivity index (χ0n) is 10.8. The fourth-order valence-corrected chi connectivity index (χ4v) is 2.97. The molecule has 0 aliphatic heterocycles. The van der Waals surface area contributed by atoms with Crippen molar-refractivity contribution in [3.8, 4) is 0 Å². The van der Waals surface area contributed by atoms with E-state index in [0.717, 1.165) is 5.92 Å². The normalized spacial score (nSPS) is 13.1. The zero-order valence-corrected chi connectivity index (χ0v) is 11.6. The summed E-state index contributed by atoms with van der Waals surface area (Å²) in [5.41, 5.74) is 1.45. The molecule has 90 valence electrons. The second kappa shape index (κ2) is 6.97. The van der Waals surface area contributed by atoms with Gasteiger partial charge in [-0.25, -0.2) is 0 Å². The largest absolute Gasteiger partial charge is 0.313 e. The Labute approximate surface area is 104 Å². The number of thioether (sulfide) groups is 1. The van der Waals surface area contributed by atoms with Gasteiger partial charge in [-0.15, -0.1) is 11.8 Å². The summed E-state index contributed by atoms with van der Waals surface area (Å²) in [6.07, 6.45) is 4.61. The number of rotatable bonds is 6. The number of hydrogen-bond donors (Lipinski definition) is 1. The molecule has 0 saturated heterocycles. The minimum atomic E-state index is 0.485. The third-order valence-electron chi connectivity index (χ3n) is 3.31. The van der Waals surface area contributed by atoms with Crippen molar-refractivity contribution in [3.05, 3.63) is 29.8 Å². The van der Waals surface area contributed by atoms with Gasteiger partial charge in [-0.1, -0.05) is 44.9 Å². The molecule has 0 amide bonds. The van der Waals surface area contributed by atoms with Crippen molar-refractivity contribution in [1.82, 2.24) is 5.32 Å². The lowest BCUT2D eigenvalue weighted by molar-refractivity contribution is 0.356.